The van der Waals surface area contributed by atoms with Crippen molar-refractivity contribution in [3.8, 4) is 0 Å². The number of ether oxygens (including phenoxy) is 1. The molecule has 40 heavy (non-hydrogen) atoms. The van der Waals surface area contributed by atoms with Crippen LogP contribution in [0, 0.1) is 12.7 Å². The number of nitrogens with zero attached hydrogens (tertiary/aromatic N) is 4. The van der Waals surface area contributed by atoms with E-state index in [0.29, 0.717) is 17.7 Å². The summed E-state index contributed by atoms with van der Waals surface area (Å²) in [5.74, 6) is 0.467. The van der Waals surface area contributed by atoms with Crippen LogP contribution >= 0.6 is 11.3 Å². The van der Waals surface area contributed by atoms with Gasteiger partial charge in [0.25, 0.3) is 5.91 Å². The third-order valence-corrected chi connectivity index (χ3v) is 9.42. The van der Waals surface area contributed by atoms with Gasteiger partial charge in [0.2, 0.25) is 0 Å². The first kappa shape index (κ1) is 27.1. The Balaban J connectivity index is 1.16. The van der Waals surface area contributed by atoms with Gasteiger partial charge in [0.15, 0.2) is 0 Å². The summed E-state index contributed by atoms with van der Waals surface area (Å²) in [7, 11) is 0. The molecule has 3 fully saturated rings. The monoisotopic (exact) mass is 564 g/mol. The lowest BCUT2D eigenvalue weighted by atomic mass is 9.95. The molecule has 2 saturated heterocycles. The molecule has 0 radical (unpaired) electrons. The fourth-order valence-corrected chi connectivity index (χ4v) is 7.64. The minimum atomic E-state index is -0.542. The number of rotatable bonds is 5. The number of fused-ring (bicyclic) bond motifs is 3. The second kappa shape index (κ2) is 10.1. The Morgan fingerprint density at radius 1 is 1.10 bits per heavy atom. The molecule has 4 heterocycles. The summed E-state index contributed by atoms with van der Waals surface area (Å²) in [6, 6.07) is 7.15. The van der Waals surface area contributed by atoms with Crippen LogP contribution in [-0.4, -0.2) is 62.0 Å². The van der Waals surface area contributed by atoms with Gasteiger partial charge in [-0.1, -0.05) is 6.07 Å². The first-order chi connectivity index (χ1) is 19.0. The standard InChI is InChI=1S/C31H37FN4O3S/c1-6-35(21-14-19-8-9-20(15-21)36(19)30(38)39-31(3,4)5)29(37)18-7-10-22(26(32)13-18)24-16-25(24)27-23-11-12-40-28(23)34-17(2)33-27/h7,10-13,19-21,24-25H,6,8-9,14-16H2,1-5H3. The normalized spacial score (nSPS) is 25.8. The van der Waals surface area contributed by atoms with Crippen molar-refractivity contribution in [3.05, 3.63) is 58.1 Å². The molecule has 2 aromatic heterocycles. The van der Waals surface area contributed by atoms with Crippen LogP contribution in [-0.2, 0) is 4.74 Å². The second-order valence-corrected chi connectivity index (χ2v) is 13.4. The highest BCUT2D eigenvalue weighted by Gasteiger charge is 2.47. The molecule has 9 heteroatoms. The van der Waals surface area contributed by atoms with E-state index in [1.54, 1.807) is 23.5 Å². The number of thiophene rings is 1. The van der Waals surface area contributed by atoms with Gasteiger partial charge in [0.05, 0.1) is 5.69 Å². The Morgan fingerprint density at radius 2 is 1.82 bits per heavy atom. The predicted octanol–water partition coefficient (Wildman–Crippen LogP) is 6.80. The summed E-state index contributed by atoms with van der Waals surface area (Å²) in [6.45, 7) is 10.0. The van der Waals surface area contributed by atoms with Crippen molar-refractivity contribution >= 4 is 33.6 Å². The van der Waals surface area contributed by atoms with Crippen LogP contribution in [0.4, 0.5) is 9.18 Å². The third-order valence-electron chi connectivity index (χ3n) is 8.61. The molecular weight excluding hydrogens is 527 g/mol. The Morgan fingerprint density at radius 3 is 2.48 bits per heavy atom. The van der Waals surface area contributed by atoms with Crippen LogP contribution in [0.25, 0.3) is 10.2 Å². The largest absolute Gasteiger partial charge is 0.444 e. The van der Waals surface area contributed by atoms with Crippen LogP contribution in [0.2, 0.25) is 0 Å². The van der Waals surface area contributed by atoms with E-state index in [0.717, 1.165) is 53.8 Å². The molecule has 0 N–H and O–H groups in total. The maximum atomic E-state index is 15.5. The zero-order valence-corrected chi connectivity index (χ0v) is 24.6. The molecule has 3 aliphatic rings. The highest BCUT2D eigenvalue weighted by molar-refractivity contribution is 7.16. The van der Waals surface area contributed by atoms with Crippen molar-refractivity contribution in [2.45, 2.75) is 102 Å². The number of carbonyl (C=O) groups excluding carboxylic acids is 2. The minimum absolute atomic E-state index is 0.0123. The molecule has 1 saturated carbocycles. The predicted molar refractivity (Wildman–Crippen MR) is 153 cm³/mol. The highest BCUT2D eigenvalue weighted by Crippen LogP contribution is 2.56. The minimum Gasteiger partial charge on any atom is -0.444 e. The van der Waals surface area contributed by atoms with Gasteiger partial charge in [0.1, 0.15) is 22.1 Å². The van der Waals surface area contributed by atoms with Crippen molar-refractivity contribution in [2.75, 3.05) is 6.54 Å². The number of hydrogen-bond donors (Lipinski definition) is 0. The first-order valence-electron chi connectivity index (χ1n) is 14.4. The molecule has 7 nitrogen and oxygen atoms in total. The van der Waals surface area contributed by atoms with Crippen LogP contribution < -0.4 is 0 Å². The molecular formula is C31H37FN4O3S. The number of carbonyl (C=O) groups is 2. The van der Waals surface area contributed by atoms with Crippen LogP contribution in [0.1, 0.15) is 99.1 Å². The number of benzene rings is 1. The van der Waals surface area contributed by atoms with E-state index in [1.807, 2.05) is 55.9 Å². The molecule has 2 aliphatic heterocycles. The number of piperidine rings is 1. The lowest BCUT2D eigenvalue weighted by molar-refractivity contribution is -0.00248. The fraction of sp³-hybridized carbons (Fsp3) is 0.548. The van der Waals surface area contributed by atoms with Gasteiger partial charge in [0, 0.05) is 41.5 Å². The van der Waals surface area contributed by atoms with Gasteiger partial charge in [-0.25, -0.2) is 19.2 Å². The van der Waals surface area contributed by atoms with Gasteiger partial charge in [-0.15, -0.1) is 11.3 Å². The summed E-state index contributed by atoms with van der Waals surface area (Å²) >= 11 is 1.60. The molecule has 1 aliphatic carbocycles. The summed E-state index contributed by atoms with van der Waals surface area (Å²) in [6.07, 6.45) is 3.85. The number of halogens is 1. The summed E-state index contributed by atoms with van der Waals surface area (Å²) in [4.78, 5) is 40.5. The molecule has 2 amide bonds. The van der Waals surface area contributed by atoms with E-state index in [9.17, 15) is 9.59 Å². The number of hydrogen-bond acceptors (Lipinski definition) is 6. The third kappa shape index (κ3) is 4.97. The number of aromatic nitrogens is 2. The van der Waals surface area contributed by atoms with Crippen molar-refractivity contribution in [2.24, 2.45) is 0 Å². The topological polar surface area (TPSA) is 75.6 Å². The van der Waals surface area contributed by atoms with E-state index in [4.69, 9.17) is 9.72 Å². The van der Waals surface area contributed by atoms with Crippen LogP contribution in [0.3, 0.4) is 0 Å². The lowest BCUT2D eigenvalue weighted by Crippen LogP contribution is -2.54. The number of aryl methyl sites for hydroxylation is 1. The quantitative estimate of drug-likeness (QED) is 0.341. The lowest BCUT2D eigenvalue weighted by Gasteiger charge is -2.43. The Kier molecular flexibility index (Phi) is 6.84. The molecule has 4 atom stereocenters. The first-order valence-corrected chi connectivity index (χ1v) is 15.3. The Labute approximate surface area is 238 Å². The summed E-state index contributed by atoms with van der Waals surface area (Å²) < 4.78 is 21.1. The smallest absolute Gasteiger partial charge is 0.410 e. The molecule has 0 spiro atoms. The van der Waals surface area contributed by atoms with Gasteiger partial charge in [-0.2, -0.15) is 0 Å². The van der Waals surface area contributed by atoms with Gasteiger partial charge >= 0.3 is 6.09 Å². The maximum Gasteiger partial charge on any atom is 0.410 e. The summed E-state index contributed by atoms with van der Waals surface area (Å²) in [5, 5.41) is 3.08. The molecule has 6 rings (SSSR count). The number of amides is 2. The van der Waals surface area contributed by atoms with E-state index in [1.165, 1.54) is 6.07 Å². The average molecular weight is 565 g/mol. The van der Waals surface area contributed by atoms with Gasteiger partial charge in [-0.3, -0.25) is 4.79 Å². The SMILES string of the molecule is CCN(C(=O)c1ccc(C2CC2c2nc(C)nc3sccc23)c(F)c1)C1CC2CCC(C1)N2C(=O)OC(C)(C)C. The van der Waals surface area contributed by atoms with Crippen LogP contribution in [0.5, 0.6) is 0 Å². The summed E-state index contributed by atoms with van der Waals surface area (Å²) in [5.41, 5.74) is 1.48. The second-order valence-electron chi connectivity index (χ2n) is 12.5. The van der Waals surface area contributed by atoms with E-state index in [-0.39, 0.29) is 47.8 Å². The Hall–Kier alpha value is -3.07. The van der Waals surface area contributed by atoms with E-state index >= 15 is 4.39 Å². The average Bonchev–Trinajstić information content (AvgIpc) is 3.44. The fourth-order valence-electron chi connectivity index (χ4n) is 6.82. The van der Waals surface area contributed by atoms with Crippen molar-refractivity contribution in [1.82, 2.24) is 19.8 Å². The maximum absolute atomic E-state index is 15.5. The zero-order chi connectivity index (χ0) is 28.3. The molecule has 212 valence electrons. The van der Waals surface area contributed by atoms with Crippen molar-refractivity contribution < 1.29 is 18.7 Å². The molecule has 1 aromatic carbocycles. The molecule has 3 aromatic rings. The van der Waals surface area contributed by atoms with Gasteiger partial charge in [-0.05, 0) is 102 Å². The molecule has 2 bridgehead atoms. The van der Waals surface area contributed by atoms with E-state index in [2.05, 4.69) is 4.98 Å². The zero-order valence-electron chi connectivity index (χ0n) is 23.8. The van der Waals surface area contributed by atoms with Crippen molar-refractivity contribution in [1.29, 1.82) is 0 Å². The van der Waals surface area contributed by atoms with Crippen LogP contribution in [0.15, 0.2) is 29.6 Å². The highest BCUT2D eigenvalue weighted by atomic mass is 32.1. The van der Waals surface area contributed by atoms with Gasteiger partial charge < -0.3 is 14.5 Å². The molecule has 4 unspecified atom stereocenters. The van der Waals surface area contributed by atoms with Crippen molar-refractivity contribution in [3.63, 3.8) is 0 Å². The van der Waals surface area contributed by atoms with E-state index < -0.39 is 5.60 Å². The Bertz CT molecular complexity index is 1450.